The van der Waals surface area contributed by atoms with Gasteiger partial charge in [-0.2, -0.15) is 5.10 Å². The molecule has 1 aromatic carbocycles. The van der Waals surface area contributed by atoms with Gasteiger partial charge in [-0.3, -0.25) is 14.5 Å². The Labute approximate surface area is 157 Å². The first kappa shape index (κ1) is 18.1. The van der Waals surface area contributed by atoms with Crippen LogP contribution in [0.15, 0.2) is 29.1 Å². The smallest absolute Gasteiger partial charge is 0.272 e. The van der Waals surface area contributed by atoms with E-state index in [2.05, 4.69) is 15.1 Å². The average molecular weight is 390 g/mol. The van der Waals surface area contributed by atoms with Crippen molar-refractivity contribution < 1.29 is 13.2 Å². The van der Waals surface area contributed by atoms with Gasteiger partial charge < -0.3 is 4.90 Å². The summed E-state index contributed by atoms with van der Waals surface area (Å²) in [6.07, 6.45) is 0.818. The quantitative estimate of drug-likeness (QED) is 0.778. The molecule has 27 heavy (non-hydrogen) atoms. The summed E-state index contributed by atoms with van der Waals surface area (Å²) in [6, 6.07) is 7.21. The fourth-order valence-corrected chi connectivity index (χ4v) is 5.72. The van der Waals surface area contributed by atoms with Crippen molar-refractivity contribution >= 4 is 26.5 Å². The zero-order chi connectivity index (χ0) is 19.0. The molecule has 1 aromatic heterocycles. The van der Waals surface area contributed by atoms with Gasteiger partial charge in [0.15, 0.2) is 9.84 Å². The number of hydrogen-bond acceptors (Lipinski definition) is 6. The highest BCUT2D eigenvalue weighted by atomic mass is 32.2. The lowest BCUT2D eigenvalue weighted by atomic mass is 10.1. The molecule has 0 bridgehead atoms. The number of sulfone groups is 1. The molecule has 1 amide bonds. The van der Waals surface area contributed by atoms with Gasteiger partial charge in [-0.15, -0.1) is 0 Å². The third-order valence-electron chi connectivity index (χ3n) is 5.49. The highest BCUT2D eigenvalue weighted by Crippen LogP contribution is 2.20. The second-order valence-electron chi connectivity index (χ2n) is 7.20. The van der Waals surface area contributed by atoms with E-state index in [0.29, 0.717) is 49.1 Å². The van der Waals surface area contributed by atoms with Crippen molar-refractivity contribution in [1.29, 1.82) is 0 Å². The first-order chi connectivity index (χ1) is 12.9. The van der Waals surface area contributed by atoms with Crippen molar-refractivity contribution in [2.24, 2.45) is 0 Å². The van der Waals surface area contributed by atoms with Crippen molar-refractivity contribution in [3.05, 3.63) is 40.3 Å². The van der Waals surface area contributed by atoms with Crippen LogP contribution in [0, 0.1) is 0 Å². The Bertz CT molecular complexity index is 1030. The minimum atomic E-state index is -2.90. The summed E-state index contributed by atoms with van der Waals surface area (Å²) in [5.74, 6) is 0.467. The third kappa shape index (κ3) is 3.74. The van der Waals surface area contributed by atoms with Gasteiger partial charge >= 0.3 is 0 Å². The molecular weight excluding hydrogens is 368 g/mol. The van der Waals surface area contributed by atoms with Crippen molar-refractivity contribution in [1.82, 2.24) is 20.0 Å². The molecule has 1 N–H and O–H groups in total. The number of carbonyl (C=O) groups is 1. The number of hydrogen-bond donors (Lipinski definition) is 1. The predicted molar refractivity (Wildman–Crippen MR) is 101 cm³/mol. The van der Waals surface area contributed by atoms with Gasteiger partial charge in [0.25, 0.3) is 5.56 Å². The number of piperazine rings is 1. The third-order valence-corrected chi connectivity index (χ3v) is 7.24. The summed E-state index contributed by atoms with van der Waals surface area (Å²) in [4.78, 5) is 28.5. The fourth-order valence-electron chi connectivity index (χ4n) is 3.96. The molecule has 2 fully saturated rings. The summed E-state index contributed by atoms with van der Waals surface area (Å²) in [5, 5.41) is 7.76. The lowest BCUT2D eigenvalue weighted by molar-refractivity contribution is -0.132. The van der Waals surface area contributed by atoms with Crippen LogP contribution < -0.4 is 5.56 Å². The normalized spacial score (nSPS) is 23.0. The number of rotatable bonds is 3. The Morgan fingerprint density at radius 2 is 1.85 bits per heavy atom. The van der Waals surface area contributed by atoms with Crippen LogP contribution in [-0.2, 0) is 21.1 Å². The molecule has 3 heterocycles. The first-order valence-electron chi connectivity index (χ1n) is 9.11. The number of carbonyl (C=O) groups excluding carboxylic acids is 1. The van der Waals surface area contributed by atoms with Crippen LogP contribution in [-0.4, -0.2) is 78.0 Å². The molecule has 144 valence electrons. The minimum Gasteiger partial charge on any atom is -0.340 e. The zero-order valence-electron chi connectivity index (χ0n) is 14.9. The van der Waals surface area contributed by atoms with Gasteiger partial charge in [0.2, 0.25) is 5.91 Å². The molecule has 4 rings (SSSR count). The molecule has 8 nitrogen and oxygen atoms in total. The molecule has 2 saturated heterocycles. The highest BCUT2D eigenvalue weighted by molar-refractivity contribution is 7.91. The van der Waals surface area contributed by atoms with Gasteiger partial charge in [-0.25, -0.2) is 13.5 Å². The van der Waals surface area contributed by atoms with E-state index in [1.807, 2.05) is 6.07 Å². The fraction of sp³-hybridized carbons (Fsp3) is 0.500. The summed E-state index contributed by atoms with van der Waals surface area (Å²) >= 11 is 0. The summed E-state index contributed by atoms with van der Waals surface area (Å²) < 4.78 is 23.3. The molecule has 2 aromatic rings. The molecule has 0 saturated carbocycles. The lowest BCUT2D eigenvalue weighted by Gasteiger charge is -2.37. The molecule has 0 aliphatic carbocycles. The number of aromatic amines is 1. The number of benzene rings is 1. The number of H-pyrrole nitrogens is 1. The van der Waals surface area contributed by atoms with Crippen LogP contribution in [0.3, 0.4) is 0 Å². The van der Waals surface area contributed by atoms with Gasteiger partial charge in [0, 0.05) is 37.6 Å². The van der Waals surface area contributed by atoms with E-state index in [1.165, 1.54) is 0 Å². The van der Waals surface area contributed by atoms with Crippen LogP contribution >= 0.6 is 0 Å². The number of nitrogens with one attached hydrogen (secondary N) is 1. The number of fused-ring (bicyclic) bond motifs is 1. The van der Waals surface area contributed by atoms with E-state index >= 15 is 0 Å². The van der Waals surface area contributed by atoms with E-state index in [9.17, 15) is 18.0 Å². The van der Waals surface area contributed by atoms with Crippen molar-refractivity contribution in [2.45, 2.75) is 18.9 Å². The lowest BCUT2D eigenvalue weighted by Crippen LogP contribution is -2.52. The molecule has 1 atom stereocenters. The summed E-state index contributed by atoms with van der Waals surface area (Å²) in [6.45, 7) is 2.53. The van der Waals surface area contributed by atoms with Gasteiger partial charge in [0.1, 0.15) is 0 Å². The van der Waals surface area contributed by atoms with E-state index in [0.717, 1.165) is 0 Å². The van der Waals surface area contributed by atoms with E-state index in [1.54, 1.807) is 23.1 Å². The maximum Gasteiger partial charge on any atom is 0.272 e. The van der Waals surface area contributed by atoms with E-state index in [-0.39, 0.29) is 35.4 Å². The second-order valence-corrected chi connectivity index (χ2v) is 9.42. The summed E-state index contributed by atoms with van der Waals surface area (Å²) in [5.41, 5.74) is 0.307. The molecule has 0 unspecified atom stereocenters. The highest BCUT2D eigenvalue weighted by Gasteiger charge is 2.34. The Morgan fingerprint density at radius 1 is 1.15 bits per heavy atom. The summed E-state index contributed by atoms with van der Waals surface area (Å²) in [7, 11) is -2.90. The number of aromatic nitrogens is 2. The number of amides is 1. The molecule has 0 radical (unpaired) electrons. The van der Waals surface area contributed by atoms with E-state index < -0.39 is 9.84 Å². The Morgan fingerprint density at radius 3 is 2.52 bits per heavy atom. The van der Waals surface area contributed by atoms with Crippen LogP contribution in [0.4, 0.5) is 0 Å². The topological polar surface area (TPSA) is 103 Å². The van der Waals surface area contributed by atoms with Crippen LogP contribution in [0.1, 0.15) is 12.1 Å². The maximum atomic E-state index is 12.7. The Kier molecular flexibility index (Phi) is 4.73. The molecule has 9 heteroatoms. The van der Waals surface area contributed by atoms with E-state index in [4.69, 9.17) is 0 Å². The Hall–Kier alpha value is -2.26. The zero-order valence-corrected chi connectivity index (χ0v) is 15.7. The second kappa shape index (κ2) is 7.05. The molecule has 2 aliphatic heterocycles. The van der Waals surface area contributed by atoms with Gasteiger partial charge in [-0.1, -0.05) is 18.2 Å². The first-order valence-corrected chi connectivity index (χ1v) is 10.9. The predicted octanol–water partition coefficient (Wildman–Crippen LogP) is -0.203. The van der Waals surface area contributed by atoms with Crippen LogP contribution in [0.2, 0.25) is 0 Å². The molecule has 2 aliphatic rings. The van der Waals surface area contributed by atoms with Gasteiger partial charge in [-0.05, 0) is 12.5 Å². The SMILES string of the molecule is O=C(Cc1n[nH]c(=O)c2ccccc12)N1CCN([C@@H]2CCS(=O)(=O)C2)CC1. The maximum absolute atomic E-state index is 12.7. The van der Waals surface area contributed by atoms with Crippen molar-refractivity contribution in [2.75, 3.05) is 37.7 Å². The average Bonchev–Trinajstić information content (AvgIpc) is 3.04. The molecular formula is C18H22N4O4S. The standard InChI is InChI=1S/C18H22N4O4S/c23-17(11-16-14-3-1-2-4-15(14)18(24)20-19-16)22-8-6-21(7-9-22)13-5-10-27(25,26)12-13/h1-4,13H,5-12H2,(H,20,24)/t13-/m1/s1. The van der Waals surface area contributed by atoms with Crippen LogP contribution in [0.5, 0.6) is 0 Å². The Balaban J connectivity index is 1.41. The van der Waals surface area contributed by atoms with Gasteiger partial charge in [0.05, 0.1) is 29.0 Å². The van der Waals surface area contributed by atoms with Crippen molar-refractivity contribution in [3.8, 4) is 0 Å². The van der Waals surface area contributed by atoms with Crippen molar-refractivity contribution in [3.63, 3.8) is 0 Å². The minimum absolute atomic E-state index is 0.0293. The van der Waals surface area contributed by atoms with Crippen LogP contribution in [0.25, 0.3) is 10.8 Å². The molecule has 0 spiro atoms. The largest absolute Gasteiger partial charge is 0.340 e. The monoisotopic (exact) mass is 390 g/mol. The number of nitrogens with zero attached hydrogens (tertiary/aromatic N) is 3.